The molecule has 1 fully saturated rings. The lowest BCUT2D eigenvalue weighted by Crippen LogP contribution is -2.49. The second-order valence-electron chi connectivity index (χ2n) is 9.01. The molecule has 3 aromatic rings. The summed E-state index contributed by atoms with van der Waals surface area (Å²) in [6.45, 7) is 9.06. The Balaban J connectivity index is 1.33. The Hall–Kier alpha value is -3.94. The van der Waals surface area contributed by atoms with Gasteiger partial charge in [0, 0.05) is 50.0 Å². The Kier molecular flexibility index (Phi) is 7.29. The van der Waals surface area contributed by atoms with Crippen LogP contribution in [0.25, 0.3) is 0 Å². The van der Waals surface area contributed by atoms with Crippen LogP contribution >= 0.6 is 0 Å². The van der Waals surface area contributed by atoms with Gasteiger partial charge in [0.15, 0.2) is 0 Å². The molecule has 2 aromatic carbocycles. The third-order valence-electron chi connectivity index (χ3n) is 6.24. The van der Waals surface area contributed by atoms with Gasteiger partial charge in [-0.25, -0.2) is 4.68 Å². The van der Waals surface area contributed by atoms with Crippen molar-refractivity contribution in [2.75, 3.05) is 36.4 Å². The fraction of sp³-hybridized carbons (Fsp3) is 0.333. The minimum Gasteiger partial charge on any atom is -0.368 e. The predicted molar refractivity (Wildman–Crippen MR) is 137 cm³/mol. The number of carbonyl (C=O) groups excluding carboxylic acids is 2. The molecule has 0 bridgehead atoms. The topological polar surface area (TPSA) is 87.5 Å². The summed E-state index contributed by atoms with van der Waals surface area (Å²) < 4.78 is 1.19. The monoisotopic (exact) mass is 473 g/mol. The molecule has 0 atom stereocenters. The van der Waals surface area contributed by atoms with E-state index in [0.29, 0.717) is 18.8 Å². The normalized spacial score (nSPS) is 13.6. The molecule has 2 amide bonds. The number of aromatic nitrogens is 2. The van der Waals surface area contributed by atoms with Crippen molar-refractivity contribution in [2.45, 2.75) is 33.7 Å². The van der Waals surface area contributed by atoms with E-state index in [-0.39, 0.29) is 30.1 Å². The summed E-state index contributed by atoms with van der Waals surface area (Å²) in [5, 5.41) is 6.98. The predicted octanol–water partition coefficient (Wildman–Crippen LogP) is 3.16. The van der Waals surface area contributed by atoms with Gasteiger partial charge >= 0.3 is 0 Å². The van der Waals surface area contributed by atoms with E-state index in [9.17, 15) is 14.4 Å². The van der Waals surface area contributed by atoms with Gasteiger partial charge in [0.25, 0.3) is 11.5 Å². The standard InChI is InChI=1S/C27H31N5O3/c1-19-5-4-6-22(18-19)28-27(35)23-8-10-26(34)32(29-23)12-11-25(33)31-15-13-30(14-16-31)24-9-7-20(2)17-21(24)3/h4-10,17-18H,11-16H2,1-3H3,(H,28,35). The number of hydrogen-bond donors (Lipinski definition) is 1. The van der Waals surface area contributed by atoms with Crippen LogP contribution in [0.4, 0.5) is 11.4 Å². The zero-order valence-corrected chi connectivity index (χ0v) is 20.5. The van der Waals surface area contributed by atoms with Crippen molar-refractivity contribution in [3.05, 3.63) is 87.3 Å². The van der Waals surface area contributed by atoms with Gasteiger partial charge in [0.1, 0.15) is 5.69 Å². The Morgan fingerprint density at radius 1 is 0.914 bits per heavy atom. The summed E-state index contributed by atoms with van der Waals surface area (Å²) in [6.07, 6.45) is 0.152. The molecule has 35 heavy (non-hydrogen) atoms. The molecule has 8 heteroatoms. The van der Waals surface area contributed by atoms with Crippen molar-refractivity contribution in [3.63, 3.8) is 0 Å². The van der Waals surface area contributed by atoms with E-state index >= 15 is 0 Å². The average Bonchev–Trinajstić information content (AvgIpc) is 2.83. The maximum atomic E-state index is 12.8. The SMILES string of the molecule is Cc1cccc(NC(=O)c2ccc(=O)n(CCC(=O)N3CCN(c4ccc(C)cc4C)CC3)n2)c1. The van der Waals surface area contributed by atoms with E-state index in [1.165, 1.54) is 33.6 Å². The molecule has 0 radical (unpaired) electrons. The highest BCUT2D eigenvalue weighted by molar-refractivity contribution is 6.02. The van der Waals surface area contributed by atoms with Crippen molar-refractivity contribution in [2.24, 2.45) is 0 Å². The average molecular weight is 474 g/mol. The number of piperazine rings is 1. The minimum atomic E-state index is -0.404. The van der Waals surface area contributed by atoms with Gasteiger partial charge in [-0.15, -0.1) is 0 Å². The molecule has 1 aliphatic heterocycles. The zero-order valence-electron chi connectivity index (χ0n) is 20.5. The van der Waals surface area contributed by atoms with Crippen LogP contribution in [0.2, 0.25) is 0 Å². The smallest absolute Gasteiger partial charge is 0.276 e. The van der Waals surface area contributed by atoms with Gasteiger partial charge in [0.2, 0.25) is 5.91 Å². The van der Waals surface area contributed by atoms with Crippen LogP contribution in [0.3, 0.4) is 0 Å². The van der Waals surface area contributed by atoms with Gasteiger partial charge in [-0.3, -0.25) is 14.4 Å². The number of carbonyl (C=O) groups is 2. The second kappa shape index (κ2) is 10.5. The summed E-state index contributed by atoms with van der Waals surface area (Å²) in [5.41, 5.74) is 5.14. The maximum Gasteiger partial charge on any atom is 0.276 e. The number of amides is 2. The van der Waals surface area contributed by atoms with Crippen LogP contribution in [-0.2, 0) is 11.3 Å². The number of anilines is 2. The Labute approximate surface area is 205 Å². The molecular weight excluding hydrogens is 442 g/mol. The van der Waals surface area contributed by atoms with E-state index in [1.54, 1.807) is 6.07 Å². The van der Waals surface area contributed by atoms with Crippen molar-refractivity contribution in [1.82, 2.24) is 14.7 Å². The molecule has 8 nitrogen and oxygen atoms in total. The van der Waals surface area contributed by atoms with E-state index < -0.39 is 5.91 Å². The first kappa shape index (κ1) is 24.2. The molecule has 0 spiro atoms. The van der Waals surface area contributed by atoms with Gasteiger partial charge < -0.3 is 15.1 Å². The lowest BCUT2D eigenvalue weighted by Gasteiger charge is -2.37. The lowest BCUT2D eigenvalue weighted by molar-refractivity contribution is -0.131. The molecule has 1 aliphatic rings. The van der Waals surface area contributed by atoms with E-state index in [0.717, 1.165) is 18.7 Å². The van der Waals surface area contributed by atoms with E-state index in [4.69, 9.17) is 0 Å². The Bertz CT molecular complexity index is 1290. The molecule has 0 saturated carbocycles. The van der Waals surface area contributed by atoms with E-state index in [1.807, 2.05) is 30.0 Å². The molecule has 1 N–H and O–H groups in total. The largest absolute Gasteiger partial charge is 0.368 e. The van der Waals surface area contributed by atoms with Gasteiger partial charge in [-0.05, 0) is 56.2 Å². The molecule has 4 rings (SSSR count). The van der Waals surface area contributed by atoms with Crippen LogP contribution in [0.15, 0.2) is 59.4 Å². The van der Waals surface area contributed by atoms with Crippen LogP contribution in [0.1, 0.15) is 33.6 Å². The summed E-state index contributed by atoms with van der Waals surface area (Å²) in [6, 6.07) is 16.6. The molecule has 1 aromatic heterocycles. The Morgan fingerprint density at radius 3 is 2.37 bits per heavy atom. The maximum absolute atomic E-state index is 12.8. The van der Waals surface area contributed by atoms with Crippen molar-refractivity contribution in [3.8, 4) is 0 Å². The highest BCUT2D eigenvalue weighted by atomic mass is 16.2. The highest BCUT2D eigenvalue weighted by Gasteiger charge is 2.22. The van der Waals surface area contributed by atoms with Crippen molar-refractivity contribution in [1.29, 1.82) is 0 Å². The van der Waals surface area contributed by atoms with E-state index in [2.05, 4.69) is 47.4 Å². The zero-order chi connectivity index (χ0) is 24.9. The molecule has 1 saturated heterocycles. The number of nitrogens with zero attached hydrogens (tertiary/aromatic N) is 4. The summed E-state index contributed by atoms with van der Waals surface area (Å²) in [4.78, 5) is 41.8. The van der Waals surface area contributed by atoms with Gasteiger partial charge in [-0.2, -0.15) is 5.10 Å². The third-order valence-corrected chi connectivity index (χ3v) is 6.24. The first-order valence-corrected chi connectivity index (χ1v) is 11.9. The van der Waals surface area contributed by atoms with Gasteiger partial charge in [0.05, 0.1) is 6.54 Å². The number of aryl methyl sites for hydroxylation is 4. The van der Waals surface area contributed by atoms with Gasteiger partial charge in [-0.1, -0.05) is 29.8 Å². The fourth-order valence-corrected chi connectivity index (χ4v) is 4.36. The number of rotatable bonds is 6. The number of hydrogen-bond acceptors (Lipinski definition) is 5. The van der Waals surface area contributed by atoms with Crippen LogP contribution in [-0.4, -0.2) is 52.7 Å². The van der Waals surface area contributed by atoms with Crippen molar-refractivity contribution < 1.29 is 9.59 Å². The summed E-state index contributed by atoms with van der Waals surface area (Å²) in [7, 11) is 0. The van der Waals surface area contributed by atoms with Crippen LogP contribution in [0, 0.1) is 20.8 Å². The Morgan fingerprint density at radius 2 is 1.66 bits per heavy atom. The molecule has 182 valence electrons. The minimum absolute atomic E-state index is 0.0198. The number of nitrogens with one attached hydrogen (secondary N) is 1. The fourth-order valence-electron chi connectivity index (χ4n) is 4.36. The first-order valence-electron chi connectivity index (χ1n) is 11.9. The lowest BCUT2D eigenvalue weighted by atomic mass is 10.1. The molecule has 0 aliphatic carbocycles. The molecule has 0 unspecified atom stereocenters. The highest BCUT2D eigenvalue weighted by Crippen LogP contribution is 2.22. The van der Waals surface area contributed by atoms with Crippen molar-refractivity contribution >= 4 is 23.2 Å². The third kappa shape index (κ3) is 5.95. The van der Waals surface area contributed by atoms with Crippen LogP contribution < -0.4 is 15.8 Å². The second-order valence-corrected chi connectivity index (χ2v) is 9.01. The summed E-state index contributed by atoms with van der Waals surface area (Å²) >= 11 is 0. The summed E-state index contributed by atoms with van der Waals surface area (Å²) in [5.74, 6) is -0.424. The van der Waals surface area contributed by atoms with Crippen LogP contribution in [0.5, 0.6) is 0 Å². The number of benzene rings is 2. The first-order chi connectivity index (χ1) is 16.8. The molecular formula is C27H31N5O3. The molecule has 2 heterocycles. The quantitative estimate of drug-likeness (QED) is 0.594.